The van der Waals surface area contributed by atoms with Crippen LogP contribution in [0.3, 0.4) is 0 Å². The first-order valence-corrected chi connectivity index (χ1v) is 12.9. The predicted octanol–water partition coefficient (Wildman–Crippen LogP) is 4.43. The van der Waals surface area contributed by atoms with Gasteiger partial charge in [0.2, 0.25) is 9.84 Å². The molecule has 0 aliphatic carbocycles. The molecule has 0 radical (unpaired) electrons. The highest BCUT2D eigenvalue weighted by Crippen LogP contribution is 2.39. The van der Waals surface area contributed by atoms with Crippen molar-refractivity contribution in [3.63, 3.8) is 0 Å². The zero-order chi connectivity index (χ0) is 25.0. The van der Waals surface area contributed by atoms with Crippen LogP contribution in [0, 0.1) is 5.41 Å². The summed E-state index contributed by atoms with van der Waals surface area (Å²) in [5, 5.41) is 14.2. The summed E-state index contributed by atoms with van der Waals surface area (Å²) in [6, 6.07) is 5.17. The standard InChI is InChI=1S/C22H24Cl2N4O5S/c1-22(2,3)18-8-12(6-7-27(18)21(30)31)15-10-19(29)26-20-17(11-25-28(15)20)34(32,33)16-5-4-13(23)9-14(16)24/h4-5,9-12,18H,6-8H2,1-3H3,(H,26,29)(H,30,31). The second-order valence-corrected chi connectivity index (χ2v) is 12.2. The number of fused-ring (bicyclic) bond motifs is 1. The van der Waals surface area contributed by atoms with E-state index in [1.54, 1.807) is 0 Å². The molecule has 34 heavy (non-hydrogen) atoms. The third-order valence-electron chi connectivity index (χ3n) is 6.24. The van der Waals surface area contributed by atoms with Crippen LogP contribution in [-0.2, 0) is 9.84 Å². The fraction of sp³-hybridized carbons (Fsp3) is 0.409. The Morgan fingerprint density at radius 3 is 2.53 bits per heavy atom. The van der Waals surface area contributed by atoms with E-state index in [9.17, 15) is 23.1 Å². The molecule has 182 valence electrons. The number of nitrogens with one attached hydrogen (secondary N) is 1. The highest BCUT2D eigenvalue weighted by molar-refractivity contribution is 7.91. The van der Waals surface area contributed by atoms with E-state index in [1.807, 2.05) is 20.8 Å². The lowest BCUT2D eigenvalue weighted by molar-refractivity contribution is 0.0518. The maximum Gasteiger partial charge on any atom is 0.407 e. The van der Waals surface area contributed by atoms with E-state index in [0.717, 1.165) is 0 Å². The van der Waals surface area contributed by atoms with E-state index in [0.29, 0.717) is 30.1 Å². The minimum atomic E-state index is -4.12. The Kier molecular flexibility index (Phi) is 6.20. The van der Waals surface area contributed by atoms with Crippen LogP contribution >= 0.6 is 23.2 Å². The van der Waals surface area contributed by atoms with Crippen LogP contribution in [0.4, 0.5) is 4.79 Å². The normalized spacial score (nSPS) is 19.5. The summed E-state index contributed by atoms with van der Waals surface area (Å²) in [5.41, 5.74) is -0.251. The summed E-state index contributed by atoms with van der Waals surface area (Å²) in [7, 11) is -4.12. The van der Waals surface area contributed by atoms with Gasteiger partial charge in [-0.2, -0.15) is 5.10 Å². The first-order chi connectivity index (χ1) is 15.8. The topological polar surface area (TPSA) is 125 Å². The van der Waals surface area contributed by atoms with Crippen LogP contribution in [0.25, 0.3) is 5.65 Å². The molecule has 2 aromatic heterocycles. The number of hydrogen-bond acceptors (Lipinski definition) is 5. The molecule has 2 unspecified atom stereocenters. The van der Waals surface area contributed by atoms with Crippen LogP contribution in [0.5, 0.6) is 0 Å². The summed E-state index contributed by atoms with van der Waals surface area (Å²) >= 11 is 12.1. The van der Waals surface area contributed by atoms with Crippen molar-refractivity contribution < 1.29 is 18.3 Å². The van der Waals surface area contributed by atoms with Crippen molar-refractivity contribution in [2.24, 2.45) is 5.41 Å². The van der Waals surface area contributed by atoms with Crippen LogP contribution in [-0.4, -0.2) is 51.7 Å². The van der Waals surface area contributed by atoms with Crippen molar-refractivity contribution in [1.82, 2.24) is 19.5 Å². The SMILES string of the molecule is CC(C)(C)C1CC(c2cc(=O)[nH]c3c(S(=O)(=O)c4ccc(Cl)cc4Cl)cnn23)CCN1C(=O)O. The highest BCUT2D eigenvalue weighted by Gasteiger charge is 2.40. The van der Waals surface area contributed by atoms with E-state index < -0.39 is 21.5 Å². The molecule has 3 aromatic rings. The Bertz CT molecular complexity index is 1440. The number of H-pyrrole nitrogens is 1. The molecule has 1 fully saturated rings. The van der Waals surface area contributed by atoms with Crippen LogP contribution < -0.4 is 5.56 Å². The number of piperidine rings is 1. The molecule has 1 amide bonds. The fourth-order valence-electron chi connectivity index (χ4n) is 4.58. The number of sulfone groups is 1. The largest absolute Gasteiger partial charge is 0.465 e. The molecule has 0 saturated carbocycles. The van der Waals surface area contributed by atoms with Gasteiger partial charge in [-0.3, -0.25) is 4.79 Å². The van der Waals surface area contributed by atoms with E-state index in [1.165, 1.54) is 39.9 Å². The van der Waals surface area contributed by atoms with Gasteiger partial charge < -0.3 is 15.0 Å². The number of benzene rings is 1. The lowest BCUT2D eigenvalue weighted by atomic mass is 9.76. The van der Waals surface area contributed by atoms with Gasteiger partial charge in [0, 0.05) is 29.6 Å². The lowest BCUT2D eigenvalue weighted by Gasteiger charge is -2.44. The second kappa shape index (κ2) is 8.58. The van der Waals surface area contributed by atoms with Gasteiger partial charge in [0.25, 0.3) is 5.56 Å². The third-order valence-corrected chi connectivity index (χ3v) is 8.71. The van der Waals surface area contributed by atoms with Gasteiger partial charge in [0.15, 0.2) is 5.65 Å². The molecule has 1 saturated heterocycles. The number of carbonyl (C=O) groups is 1. The average Bonchev–Trinajstić information content (AvgIpc) is 3.16. The zero-order valence-corrected chi connectivity index (χ0v) is 21.1. The molecule has 1 aromatic carbocycles. The smallest absolute Gasteiger partial charge is 0.407 e. The van der Waals surface area contributed by atoms with Crippen molar-refractivity contribution in [1.29, 1.82) is 0 Å². The Morgan fingerprint density at radius 2 is 1.91 bits per heavy atom. The van der Waals surface area contributed by atoms with Gasteiger partial charge >= 0.3 is 6.09 Å². The molecule has 2 N–H and O–H groups in total. The number of hydrogen-bond donors (Lipinski definition) is 2. The van der Waals surface area contributed by atoms with Crippen molar-refractivity contribution >= 4 is 44.8 Å². The second-order valence-electron chi connectivity index (χ2n) is 9.48. The Balaban J connectivity index is 1.82. The molecule has 3 heterocycles. The number of aromatic amines is 1. The van der Waals surface area contributed by atoms with Crippen molar-refractivity contribution in [2.75, 3.05) is 6.54 Å². The van der Waals surface area contributed by atoms with E-state index in [-0.39, 0.29) is 37.8 Å². The van der Waals surface area contributed by atoms with Gasteiger partial charge in [-0.1, -0.05) is 44.0 Å². The third kappa shape index (κ3) is 4.30. The van der Waals surface area contributed by atoms with Gasteiger partial charge in [0.05, 0.1) is 21.8 Å². The Morgan fingerprint density at radius 1 is 1.21 bits per heavy atom. The summed E-state index contributed by atoms with van der Waals surface area (Å²) in [5.74, 6) is -0.195. The molecular weight excluding hydrogens is 503 g/mol. The summed E-state index contributed by atoms with van der Waals surface area (Å²) < 4.78 is 28.1. The molecule has 0 spiro atoms. The summed E-state index contributed by atoms with van der Waals surface area (Å²) in [6.07, 6.45) is 1.14. The van der Waals surface area contributed by atoms with Crippen molar-refractivity contribution in [3.05, 3.63) is 56.6 Å². The molecular formula is C22H24Cl2N4O5S. The number of amides is 1. The van der Waals surface area contributed by atoms with Crippen molar-refractivity contribution in [3.8, 4) is 0 Å². The maximum atomic E-state index is 13.4. The molecule has 9 nitrogen and oxygen atoms in total. The number of likely N-dealkylation sites (tertiary alicyclic amines) is 1. The number of aromatic nitrogens is 3. The molecule has 4 rings (SSSR count). The van der Waals surface area contributed by atoms with Gasteiger partial charge in [0.1, 0.15) is 4.90 Å². The lowest BCUT2D eigenvalue weighted by Crippen LogP contribution is -2.51. The minimum Gasteiger partial charge on any atom is -0.465 e. The zero-order valence-electron chi connectivity index (χ0n) is 18.7. The number of rotatable bonds is 3. The number of nitrogens with zero attached hydrogens (tertiary/aromatic N) is 3. The monoisotopic (exact) mass is 526 g/mol. The first-order valence-electron chi connectivity index (χ1n) is 10.6. The van der Waals surface area contributed by atoms with Crippen LogP contribution in [0.15, 0.2) is 45.0 Å². The van der Waals surface area contributed by atoms with E-state index in [4.69, 9.17) is 23.2 Å². The van der Waals surface area contributed by atoms with Crippen LogP contribution in [0.2, 0.25) is 10.0 Å². The first kappa shape index (κ1) is 24.6. The number of carboxylic acid groups (broad SMARTS) is 1. The minimum absolute atomic E-state index is 0.0292. The van der Waals surface area contributed by atoms with Gasteiger partial charge in [-0.05, 0) is 36.5 Å². The van der Waals surface area contributed by atoms with Crippen molar-refractivity contribution in [2.45, 2.75) is 55.4 Å². The quantitative estimate of drug-likeness (QED) is 0.519. The molecule has 0 bridgehead atoms. The van der Waals surface area contributed by atoms with Gasteiger partial charge in [-0.25, -0.2) is 17.7 Å². The average molecular weight is 527 g/mol. The molecule has 12 heteroatoms. The predicted molar refractivity (Wildman–Crippen MR) is 128 cm³/mol. The van der Waals surface area contributed by atoms with E-state index in [2.05, 4.69) is 10.1 Å². The van der Waals surface area contributed by atoms with Gasteiger partial charge in [-0.15, -0.1) is 0 Å². The molecule has 1 aliphatic heterocycles. The molecule has 2 atom stereocenters. The summed E-state index contributed by atoms with van der Waals surface area (Å²) in [6.45, 7) is 6.20. The summed E-state index contributed by atoms with van der Waals surface area (Å²) in [4.78, 5) is 28.0. The highest BCUT2D eigenvalue weighted by atomic mass is 35.5. The Hall–Kier alpha value is -2.56. The maximum absolute atomic E-state index is 13.4. The Labute approximate surface area is 206 Å². The molecule has 1 aliphatic rings. The number of halogens is 2. The van der Waals surface area contributed by atoms with Crippen LogP contribution in [0.1, 0.15) is 45.2 Å². The van der Waals surface area contributed by atoms with E-state index >= 15 is 0 Å². The fourth-order valence-corrected chi connectivity index (χ4v) is 6.67.